The van der Waals surface area contributed by atoms with Crippen LogP contribution in [0.5, 0.6) is 46.0 Å². The van der Waals surface area contributed by atoms with E-state index in [9.17, 15) is 40.9 Å². The highest BCUT2D eigenvalue weighted by atomic mass is 16.3. The van der Waals surface area contributed by atoms with Crippen LogP contribution in [0.2, 0.25) is 0 Å². The number of rotatable bonds is 7. The zero-order valence-electron chi connectivity index (χ0n) is 19.1. The summed E-state index contributed by atoms with van der Waals surface area (Å²) in [6.07, 6.45) is 0.830. The van der Waals surface area contributed by atoms with E-state index < -0.39 is 5.92 Å². The fourth-order valence-corrected chi connectivity index (χ4v) is 4.42. The quantitative estimate of drug-likeness (QED) is 0.188. The molecule has 4 aromatic rings. The van der Waals surface area contributed by atoms with Crippen LogP contribution >= 0.6 is 0 Å². The molecule has 0 aliphatic carbocycles. The minimum atomic E-state index is -0.684. The highest BCUT2D eigenvalue weighted by Gasteiger charge is 2.24. The van der Waals surface area contributed by atoms with E-state index in [0.717, 1.165) is 0 Å². The third kappa shape index (κ3) is 5.50. The summed E-state index contributed by atoms with van der Waals surface area (Å²) in [5.74, 6) is -1.89. The van der Waals surface area contributed by atoms with Gasteiger partial charge in [0.1, 0.15) is 46.0 Å². The summed E-state index contributed by atoms with van der Waals surface area (Å²) in [6.45, 7) is 0. The summed E-state index contributed by atoms with van der Waals surface area (Å²) in [6, 6.07) is 15.2. The lowest BCUT2D eigenvalue weighted by Gasteiger charge is -2.22. The monoisotopic (exact) mass is 490 g/mol. The molecule has 36 heavy (non-hydrogen) atoms. The Morgan fingerprint density at radius 2 is 1.00 bits per heavy atom. The van der Waals surface area contributed by atoms with Crippen molar-refractivity contribution in [3.63, 3.8) is 0 Å². The number of phenols is 8. The van der Waals surface area contributed by atoms with Crippen molar-refractivity contribution in [3.05, 3.63) is 94.5 Å². The van der Waals surface area contributed by atoms with Gasteiger partial charge in [0.25, 0.3) is 0 Å². The minimum absolute atomic E-state index is 0.0853. The molecule has 0 fully saturated rings. The van der Waals surface area contributed by atoms with Gasteiger partial charge in [0, 0.05) is 41.3 Å². The lowest BCUT2D eigenvalue weighted by Crippen LogP contribution is -2.07. The highest BCUT2D eigenvalue weighted by molar-refractivity contribution is 5.54. The summed E-state index contributed by atoms with van der Waals surface area (Å²) in [5.41, 5.74) is 2.39. The van der Waals surface area contributed by atoms with E-state index in [0.29, 0.717) is 40.7 Å². The van der Waals surface area contributed by atoms with Crippen LogP contribution in [0.1, 0.15) is 33.7 Å². The Kier molecular flexibility index (Phi) is 6.69. The van der Waals surface area contributed by atoms with E-state index in [4.69, 9.17) is 0 Å². The molecule has 0 aliphatic heterocycles. The van der Waals surface area contributed by atoms with E-state index >= 15 is 0 Å². The molecule has 0 heterocycles. The zero-order valence-corrected chi connectivity index (χ0v) is 19.1. The lowest BCUT2D eigenvalue weighted by molar-refractivity contribution is 0.434. The van der Waals surface area contributed by atoms with Gasteiger partial charge in [-0.3, -0.25) is 0 Å². The molecule has 0 amide bonds. The van der Waals surface area contributed by atoms with E-state index in [1.165, 1.54) is 60.7 Å². The largest absolute Gasteiger partial charge is 0.508 e. The molecule has 4 aromatic carbocycles. The van der Waals surface area contributed by atoms with E-state index in [1.807, 2.05) is 0 Å². The van der Waals surface area contributed by atoms with Gasteiger partial charge in [-0.15, -0.1) is 0 Å². The van der Waals surface area contributed by atoms with Gasteiger partial charge >= 0.3 is 0 Å². The van der Waals surface area contributed by atoms with Gasteiger partial charge in [-0.2, -0.15) is 0 Å². The number of hydrogen-bond acceptors (Lipinski definition) is 8. The van der Waals surface area contributed by atoms with Crippen LogP contribution in [-0.4, -0.2) is 40.9 Å². The molecule has 1 unspecified atom stereocenters. The van der Waals surface area contributed by atoms with Gasteiger partial charge in [0.05, 0.1) is 0 Å². The van der Waals surface area contributed by atoms with E-state index in [1.54, 1.807) is 6.07 Å². The first-order valence-electron chi connectivity index (χ1n) is 11.2. The molecule has 1 atom stereocenters. The minimum Gasteiger partial charge on any atom is -0.508 e. The second-order valence-electron chi connectivity index (χ2n) is 8.75. The Hall–Kier alpha value is -4.72. The maximum absolute atomic E-state index is 10.8. The Balaban J connectivity index is 1.75. The van der Waals surface area contributed by atoms with Crippen molar-refractivity contribution in [3.8, 4) is 46.0 Å². The van der Waals surface area contributed by atoms with Crippen LogP contribution in [0, 0.1) is 0 Å². The zero-order chi connectivity index (χ0) is 26.0. The van der Waals surface area contributed by atoms with E-state index in [2.05, 4.69) is 0 Å². The van der Waals surface area contributed by atoms with Crippen LogP contribution in [-0.2, 0) is 19.3 Å². The van der Waals surface area contributed by atoms with Crippen molar-refractivity contribution in [2.75, 3.05) is 0 Å². The lowest BCUT2D eigenvalue weighted by atomic mass is 9.83. The second kappa shape index (κ2) is 9.87. The smallest absolute Gasteiger partial charge is 0.123 e. The third-order valence-corrected chi connectivity index (χ3v) is 6.04. The Morgan fingerprint density at radius 1 is 0.444 bits per heavy atom. The van der Waals surface area contributed by atoms with Crippen molar-refractivity contribution in [2.45, 2.75) is 25.2 Å². The molecule has 8 N–H and O–H groups in total. The number of phenolic OH excluding ortho intramolecular Hbond substituents is 8. The fraction of sp³-hybridized carbons (Fsp3) is 0.143. The van der Waals surface area contributed by atoms with E-state index in [-0.39, 0.29) is 52.4 Å². The SMILES string of the molecule is Oc1cc(O)cc(CCc2cc(C(Cc3cc(O)cc(O)c3)c3ccc(O)cc3O)c(O)cc2O)c1. The molecular weight excluding hydrogens is 464 g/mol. The Bertz CT molecular complexity index is 1370. The molecular formula is C28H26O8. The summed E-state index contributed by atoms with van der Waals surface area (Å²) in [7, 11) is 0. The third-order valence-electron chi connectivity index (χ3n) is 6.04. The van der Waals surface area contributed by atoms with Crippen molar-refractivity contribution < 1.29 is 40.9 Å². The average molecular weight is 491 g/mol. The molecule has 0 saturated carbocycles. The standard InChI is InChI=1S/C28H26O8/c29-18-3-4-23(27(35)13-18)24(9-16-7-21(32)12-22(33)8-16)25-10-17(26(34)14-28(25)36)2-1-15-5-19(30)11-20(31)6-15/h3-8,10-14,24,29-36H,1-2,9H2. The van der Waals surface area contributed by atoms with Crippen molar-refractivity contribution in [1.82, 2.24) is 0 Å². The molecule has 0 spiro atoms. The highest BCUT2D eigenvalue weighted by Crippen LogP contribution is 2.42. The van der Waals surface area contributed by atoms with Gasteiger partial charge in [-0.25, -0.2) is 0 Å². The maximum Gasteiger partial charge on any atom is 0.123 e. The molecule has 0 aromatic heterocycles. The van der Waals surface area contributed by atoms with Crippen LogP contribution in [0.3, 0.4) is 0 Å². The molecule has 8 heteroatoms. The Labute approximate surface area is 206 Å². The molecule has 0 saturated heterocycles. The molecule has 0 radical (unpaired) electrons. The first-order chi connectivity index (χ1) is 17.1. The number of aromatic hydroxyl groups is 8. The molecule has 0 bridgehead atoms. The van der Waals surface area contributed by atoms with Crippen molar-refractivity contribution in [2.24, 2.45) is 0 Å². The topological polar surface area (TPSA) is 162 Å². The second-order valence-corrected chi connectivity index (χ2v) is 8.75. The van der Waals surface area contributed by atoms with Crippen LogP contribution in [0.25, 0.3) is 0 Å². The van der Waals surface area contributed by atoms with Gasteiger partial charge in [-0.05, 0) is 72.4 Å². The molecule has 186 valence electrons. The molecule has 4 rings (SSSR count). The van der Waals surface area contributed by atoms with Gasteiger partial charge in [-0.1, -0.05) is 6.07 Å². The predicted molar refractivity (Wildman–Crippen MR) is 132 cm³/mol. The number of benzene rings is 4. The molecule has 8 nitrogen and oxygen atoms in total. The van der Waals surface area contributed by atoms with Crippen LogP contribution < -0.4 is 0 Å². The Morgan fingerprint density at radius 3 is 1.58 bits per heavy atom. The van der Waals surface area contributed by atoms with Gasteiger partial charge in [0.2, 0.25) is 0 Å². The number of hydrogen-bond donors (Lipinski definition) is 8. The first-order valence-corrected chi connectivity index (χ1v) is 11.2. The van der Waals surface area contributed by atoms with Crippen molar-refractivity contribution >= 4 is 0 Å². The van der Waals surface area contributed by atoms with Crippen molar-refractivity contribution in [1.29, 1.82) is 0 Å². The first kappa shape index (κ1) is 24.4. The maximum atomic E-state index is 10.8. The predicted octanol–water partition coefficient (Wildman–Crippen LogP) is 4.49. The molecule has 0 aliphatic rings. The normalized spacial score (nSPS) is 11.9. The van der Waals surface area contributed by atoms with Gasteiger partial charge in [0.15, 0.2) is 0 Å². The summed E-state index contributed by atoms with van der Waals surface area (Å²) >= 11 is 0. The fourth-order valence-electron chi connectivity index (χ4n) is 4.42. The summed E-state index contributed by atoms with van der Waals surface area (Å²) in [5, 5.41) is 81.0. The number of aryl methyl sites for hydroxylation is 2. The average Bonchev–Trinajstić information content (AvgIpc) is 2.76. The summed E-state index contributed by atoms with van der Waals surface area (Å²) < 4.78 is 0. The van der Waals surface area contributed by atoms with Gasteiger partial charge < -0.3 is 40.9 Å². The van der Waals surface area contributed by atoms with Crippen LogP contribution in [0.15, 0.2) is 66.7 Å². The van der Waals surface area contributed by atoms with Crippen LogP contribution in [0.4, 0.5) is 0 Å². The summed E-state index contributed by atoms with van der Waals surface area (Å²) in [4.78, 5) is 0.